The van der Waals surface area contributed by atoms with Crippen molar-refractivity contribution in [3.63, 3.8) is 0 Å². The molecule has 1 aromatic heterocycles. The molecular weight excluding hydrogens is 414 g/mol. The van der Waals surface area contributed by atoms with E-state index in [9.17, 15) is 4.79 Å². The molecule has 0 aliphatic carbocycles. The van der Waals surface area contributed by atoms with Crippen molar-refractivity contribution >= 4 is 17.3 Å². The second-order valence-corrected chi connectivity index (χ2v) is 8.23. The number of nitrogens with two attached hydrogens (primary N) is 1. The molecule has 172 valence electrons. The molecule has 2 aromatic carbocycles. The van der Waals surface area contributed by atoms with E-state index < -0.39 is 0 Å². The zero-order valence-corrected chi connectivity index (χ0v) is 19.0. The number of nitrogens with one attached hydrogen (secondary N) is 1. The number of esters is 1. The van der Waals surface area contributed by atoms with E-state index in [0.717, 1.165) is 44.1 Å². The van der Waals surface area contributed by atoms with E-state index in [-0.39, 0.29) is 5.97 Å². The molecule has 1 unspecified atom stereocenters. The van der Waals surface area contributed by atoms with Gasteiger partial charge in [0.2, 0.25) is 0 Å². The van der Waals surface area contributed by atoms with Crippen molar-refractivity contribution in [3.8, 4) is 0 Å². The zero-order chi connectivity index (χ0) is 23.0. The molecule has 1 saturated heterocycles. The van der Waals surface area contributed by atoms with Crippen LogP contribution >= 0.6 is 0 Å². The molecule has 7 nitrogen and oxygen atoms in total. The number of anilines is 2. The maximum absolute atomic E-state index is 12.5. The molecule has 0 saturated carbocycles. The summed E-state index contributed by atoms with van der Waals surface area (Å²) < 4.78 is 5.03. The lowest BCUT2D eigenvalue weighted by Crippen LogP contribution is -2.48. The van der Waals surface area contributed by atoms with Gasteiger partial charge < -0.3 is 20.7 Å². The van der Waals surface area contributed by atoms with Crippen LogP contribution in [0.2, 0.25) is 0 Å². The average Bonchev–Trinajstić information content (AvgIpc) is 2.87. The smallest absolute Gasteiger partial charge is 0.339 e. The molecule has 3 aromatic rings. The first-order valence-corrected chi connectivity index (χ1v) is 11.3. The van der Waals surface area contributed by atoms with Gasteiger partial charge in [-0.1, -0.05) is 36.4 Å². The fourth-order valence-electron chi connectivity index (χ4n) is 4.25. The fourth-order valence-corrected chi connectivity index (χ4v) is 4.25. The lowest BCUT2D eigenvalue weighted by molar-refractivity contribution is 0.0601. The lowest BCUT2D eigenvalue weighted by Gasteiger charge is -2.36. The van der Waals surface area contributed by atoms with E-state index in [4.69, 9.17) is 10.5 Å². The Morgan fingerprint density at radius 1 is 1.18 bits per heavy atom. The third-order valence-corrected chi connectivity index (χ3v) is 5.99. The number of hydrogen-bond donors (Lipinski definition) is 2. The van der Waals surface area contributed by atoms with Gasteiger partial charge in [0, 0.05) is 50.6 Å². The second-order valence-electron chi connectivity index (χ2n) is 8.23. The van der Waals surface area contributed by atoms with Crippen molar-refractivity contribution in [1.29, 1.82) is 0 Å². The van der Waals surface area contributed by atoms with Crippen LogP contribution in [0.25, 0.3) is 0 Å². The molecule has 3 N–H and O–H groups in total. The number of nitrogen functional groups attached to an aromatic ring is 1. The Labute approximate surface area is 195 Å². The van der Waals surface area contributed by atoms with Crippen molar-refractivity contribution < 1.29 is 9.53 Å². The number of rotatable bonds is 8. The molecule has 1 aliphatic heterocycles. The van der Waals surface area contributed by atoms with Gasteiger partial charge in [-0.15, -0.1) is 0 Å². The monoisotopic (exact) mass is 445 g/mol. The molecule has 7 heteroatoms. The molecule has 1 aliphatic rings. The topological polar surface area (TPSA) is 83.7 Å². The molecule has 1 atom stereocenters. The third kappa shape index (κ3) is 5.88. The van der Waals surface area contributed by atoms with Crippen LogP contribution in [0.4, 0.5) is 11.4 Å². The maximum Gasteiger partial charge on any atom is 0.339 e. The quantitative estimate of drug-likeness (QED) is 0.407. The Balaban J connectivity index is 1.54. The molecule has 4 rings (SSSR count). The van der Waals surface area contributed by atoms with Crippen LogP contribution in [0.3, 0.4) is 0 Å². The molecule has 1 fully saturated rings. The molecule has 0 amide bonds. The van der Waals surface area contributed by atoms with Crippen LogP contribution in [0.15, 0.2) is 72.9 Å². The van der Waals surface area contributed by atoms with E-state index in [2.05, 4.69) is 44.4 Å². The zero-order valence-electron chi connectivity index (χ0n) is 19.0. The highest BCUT2D eigenvalue weighted by Crippen LogP contribution is 2.26. The van der Waals surface area contributed by atoms with E-state index in [1.807, 2.05) is 30.3 Å². The number of pyridine rings is 1. The van der Waals surface area contributed by atoms with Gasteiger partial charge in [0.05, 0.1) is 30.6 Å². The van der Waals surface area contributed by atoms with Crippen LogP contribution in [0.5, 0.6) is 0 Å². The van der Waals surface area contributed by atoms with Crippen LogP contribution < -0.4 is 16.0 Å². The first kappa shape index (κ1) is 22.8. The Bertz CT molecular complexity index is 1050. The highest BCUT2D eigenvalue weighted by Gasteiger charge is 2.23. The lowest BCUT2D eigenvalue weighted by atomic mass is 10.0. The highest BCUT2D eigenvalue weighted by atomic mass is 16.5. The summed E-state index contributed by atoms with van der Waals surface area (Å²) in [6, 6.07) is 22.0. The van der Waals surface area contributed by atoms with Crippen LogP contribution in [0.1, 0.15) is 27.7 Å². The molecule has 0 radical (unpaired) electrons. The van der Waals surface area contributed by atoms with Crippen LogP contribution in [-0.4, -0.2) is 55.7 Å². The second kappa shape index (κ2) is 10.9. The average molecular weight is 446 g/mol. The summed E-state index contributed by atoms with van der Waals surface area (Å²) >= 11 is 0. The van der Waals surface area contributed by atoms with Gasteiger partial charge in [-0.2, -0.15) is 0 Å². The van der Waals surface area contributed by atoms with Crippen molar-refractivity contribution in [2.75, 3.05) is 50.5 Å². The first-order valence-electron chi connectivity index (χ1n) is 11.3. The Morgan fingerprint density at radius 3 is 2.76 bits per heavy atom. The molecule has 0 bridgehead atoms. The molecular formula is C26H31N5O2. The van der Waals surface area contributed by atoms with E-state index in [1.54, 1.807) is 18.3 Å². The standard InChI is InChI=1S/C26H31N5O2/c1-33-26(32)23-11-10-21(27)17-25(23)31(18-22-9-5-6-12-28-22)16-15-30-14-13-29-24(19-30)20-7-3-2-4-8-20/h2-12,17,24,29H,13-16,18-19,27H2,1H3. The van der Waals surface area contributed by atoms with Gasteiger partial charge in [0.1, 0.15) is 0 Å². The van der Waals surface area contributed by atoms with Crippen LogP contribution in [0, 0.1) is 0 Å². The van der Waals surface area contributed by atoms with Crippen LogP contribution in [-0.2, 0) is 11.3 Å². The largest absolute Gasteiger partial charge is 0.465 e. The number of methoxy groups -OCH3 is 1. The summed E-state index contributed by atoms with van der Waals surface area (Å²) in [5, 5.41) is 3.62. The van der Waals surface area contributed by atoms with E-state index in [1.165, 1.54) is 12.7 Å². The number of carbonyl (C=O) groups is 1. The minimum Gasteiger partial charge on any atom is -0.465 e. The first-order chi connectivity index (χ1) is 16.1. The summed E-state index contributed by atoms with van der Waals surface area (Å²) in [4.78, 5) is 21.6. The van der Waals surface area contributed by atoms with E-state index in [0.29, 0.717) is 23.8 Å². The van der Waals surface area contributed by atoms with Crippen molar-refractivity contribution in [1.82, 2.24) is 15.2 Å². The summed E-state index contributed by atoms with van der Waals surface area (Å²) in [6.07, 6.45) is 1.79. The number of aromatic nitrogens is 1. The van der Waals surface area contributed by atoms with Crippen molar-refractivity contribution in [2.24, 2.45) is 0 Å². The number of nitrogens with zero attached hydrogens (tertiary/aromatic N) is 3. The Hall–Kier alpha value is -3.42. The molecule has 33 heavy (non-hydrogen) atoms. The van der Waals surface area contributed by atoms with Gasteiger partial charge in [-0.3, -0.25) is 9.88 Å². The van der Waals surface area contributed by atoms with Crippen molar-refractivity contribution in [3.05, 3.63) is 89.7 Å². The maximum atomic E-state index is 12.5. The van der Waals surface area contributed by atoms with Crippen molar-refractivity contribution in [2.45, 2.75) is 12.6 Å². The summed E-state index contributed by atoms with van der Waals surface area (Å²) in [7, 11) is 1.40. The minimum atomic E-state index is -0.373. The normalized spacial score (nSPS) is 16.3. The number of hydrogen-bond acceptors (Lipinski definition) is 7. The number of piperazine rings is 1. The Morgan fingerprint density at radius 2 is 2.00 bits per heavy atom. The molecule has 0 spiro atoms. The predicted molar refractivity (Wildman–Crippen MR) is 131 cm³/mol. The van der Waals surface area contributed by atoms with Gasteiger partial charge in [-0.25, -0.2) is 4.79 Å². The van der Waals surface area contributed by atoms with Gasteiger partial charge in [-0.05, 0) is 35.9 Å². The highest BCUT2D eigenvalue weighted by molar-refractivity contribution is 5.96. The Kier molecular flexibility index (Phi) is 7.55. The number of ether oxygens (including phenoxy) is 1. The molecule has 2 heterocycles. The van der Waals surface area contributed by atoms with Gasteiger partial charge >= 0.3 is 5.97 Å². The van der Waals surface area contributed by atoms with Gasteiger partial charge in [0.25, 0.3) is 0 Å². The van der Waals surface area contributed by atoms with E-state index >= 15 is 0 Å². The van der Waals surface area contributed by atoms with Gasteiger partial charge in [0.15, 0.2) is 0 Å². The minimum absolute atomic E-state index is 0.308. The summed E-state index contributed by atoms with van der Waals surface area (Å²) in [6.45, 7) is 5.00. The predicted octanol–water partition coefficient (Wildman–Crippen LogP) is 3.10. The fraction of sp³-hybridized carbons (Fsp3) is 0.308. The number of benzene rings is 2. The SMILES string of the molecule is COC(=O)c1ccc(N)cc1N(CCN1CCNC(c2ccccc2)C1)Cc1ccccn1. The third-order valence-electron chi connectivity index (χ3n) is 5.99. The summed E-state index contributed by atoms with van der Waals surface area (Å²) in [5.41, 5.74) is 10.2. The number of carbonyl (C=O) groups excluding carboxylic acids is 1. The summed E-state index contributed by atoms with van der Waals surface area (Å²) in [5.74, 6) is -0.373.